The number of nitro groups is 1. The Morgan fingerprint density at radius 1 is 1.42 bits per heavy atom. The molecule has 6 nitrogen and oxygen atoms in total. The molecule has 0 radical (unpaired) electrons. The molecule has 0 atom stereocenters. The normalized spacial score (nSPS) is 10.7. The fourth-order valence-corrected chi connectivity index (χ4v) is 2.58. The highest BCUT2D eigenvalue weighted by Gasteiger charge is 2.14. The maximum atomic E-state index is 10.6. The van der Waals surface area contributed by atoms with Crippen molar-refractivity contribution < 1.29 is 10.0 Å². The third kappa shape index (κ3) is 2.66. The van der Waals surface area contributed by atoms with Gasteiger partial charge >= 0.3 is 0 Å². The van der Waals surface area contributed by atoms with Gasteiger partial charge < -0.3 is 5.11 Å². The van der Waals surface area contributed by atoms with Gasteiger partial charge in [0.25, 0.3) is 5.69 Å². The maximum absolute atomic E-state index is 10.6. The van der Waals surface area contributed by atoms with Gasteiger partial charge in [0.05, 0.1) is 16.3 Å². The highest BCUT2D eigenvalue weighted by Crippen LogP contribution is 2.25. The van der Waals surface area contributed by atoms with Gasteiger partial charge in [-0.05, 0) is 35.0 Å². The van der Waals surface area contributed by atoms with Crippen molar-refractivity contribution in [3.8, 4) is 5.69 Å². The fraction of sp³-hybridized carbons (Fsp3) is 0.250. The summed E-state index contributed by atoms with van der Waals surface area (Å²) in [7, 11) is 0. The Morgan fingerprint density at radius 3 is 2.58 bits per heavy atom. The lowest BCUT2D eigenvalue weighted by atomic mass is 10.2. The first-order chi connectivity index (χ1) is 9.04. The number of halogens is 1. The average Bonchev–Trinajstić information content (AvgIpc) is 2.67. The van der Waals surface area contributed by atoms with Gasteiger partial charge in [0.2, 0.25) is 0 Å². The summed E-state index contributed by atoms with van der Waals surface area (Å²) in [4.78, 5) is 10.2. The van der Waals surface area contributed by atoms with E-state index in [0.29, 0.717) is 6.42 Å². The molecule has 7 heteroatoms. The summed E-state index contributed by atoms with van der Waals surface area (Å²) in [5.41, 5.74) is 2.52. The van der Waals surface area contributed by atoms with Gasteiger partial charge in [-0.15, -0.1) is 0 Å². The average molecular weight is 326 g/mol. The molecule has 0 aliphatic rings. The number of rotatable bonds is 4. The lowest BCUT2D eigenvalue weighted by Crippen LogP contribution is -1.98. The van der Waals surface area contributed by atoms with Crippen LogP contribution in [0.2, 0.25) is 0 Å². The Labute approximate surface area is 118 Å². The summed E-state index contributed by atoms with van der Waals surface area (Å²) < 4.78 is 2.41. The SMILES string of the molecule is Cc1nn(-c2ccc([N+](=O)[O-])cc2)c(Br)c1CCO. The van der Waals surface area contributed by atoms with E-state index in [9.17, 15) is 10.1 Å². The molecule has 0 spiro atoms. The third-order valence-corrected chi connectivity index (χ3v) is 3.60. The molecule has 1 heterocycles. The molecule has 0 fully saturated rings. The number of hydrogen-bond acceptors (Lipinski definition) is 4. The standard InChI is InChI=1S/C12H12BrN3O3/c1-8-11(6-7-17)12(13)15(14-8)9-2-4-10(5-3-9)16(18)19/h2-5,17H,6-7H2,1H3. The quantitative estimate of drug-likeness (QED) is 0.691. The van der Waals surface area contributed by atoms with Crippen molar-refractivity contribution in [3.05, 3.63) is 50.2 Å². The molecular weight excluding hydrogens is 314 g/mol. The van der Waals surface area contributed by atoms with Crippen LogP contribution in [0.15, 0.2) is 28.9 Å². The summed E-state index contributed by atoms with van der Waals surface area (Å²) in [6.07, 6.45) is 0.513. The molecule has 2 rings (SSSR count). The van der Waals surface area contributed by atoms with Gasteiger partial charge in [-0.2, -0.15) is 5.10 Å². The number of benzene rings is 1. The molecule has 1 aromatic carbocycles. The molecule has 19 heavy (non-hydrogen) atoms. The van der Waals surface area contributed by atoms with Crippen LogP contribution in [0.4, 0.5) is 5.69 Å². The molecule has 2 aromatic rings. The van der Waals surface area contributed by atoms with E-state index in [1.54, 1.807) is 16.8 Å². The largest absolute Gasteiger partial charge is 0.396 e. The summed E-state index contributed by atoms with van der Waals surface area (Å²) in [6, 6.07) is 6.14. The van der Waals surface area contributed by atoms with Gasteiger partial charge in [-0.25, -0.2) is 4.68 Å². The second kappa shape index (κ2) is 5.50. The second-order valence-electron chi connectivity index (χ2n) is 4.01. The van der Waals surface area contributed by atoms with Crippen LogP contribution in [0.3, 0.4) is 0 Å². The molecule has 100 valence electrons. The highest BCUT2D eigenvalue weighted by atomic mass is 79.9. The van der Waals surface area contributed by atoms with E-state index in [0.717, 1.165) is 21.5 Å². The summed E-state index contributed by atoms with van der Waals surface area (Å²) in [5.74, 6) is 0. The fourth-order valence-electron chi connectivity index (χ4n) is 1.81. The minimum Gasteiger partial charge on any atom is -0.396 e. The first-order valence-electron chi connectivity index (χ1n) is 5.64. The highest BCUT2D eigenvalue weighted by molar-refractivity contribution is 9.10. The van der Waals surface area contributed by atoms with Gasteiger partial charge in [-0.1, -0.05) is 0 Å². The Bertz CT molecular complexity index is 607. The van der Waals surface area contributed by atoms with Crippen LogP contribution in [-0.4, -0.2) is 26.4 Å². The third-order valence-electron chi connectivity index (χ3n) is 2.79. The predicted octanol–water partition coefficient (Wildman–Crippen LogP) is 2.39. The van der Waals surface area contributed by atoms with Crippen LogP contribution < -0.4 is 0 Å². The van der Waals surface area contributed by atoms with E-state index in [2.05, 4.69) is 21.0 Å². The minimum atomic E-state index is -0.440. The number of non-ortho nitro benzene ring substituents is 1. The van der Waals surface area contributed by atoms with Crippen molar-refractivity contribution >= 4 is 21.6 Å². The van der Waals surface area contributed by atoms with Gasteiger partial charge in [0.1, 0.15) is 4.60 Å². The van der Waals surface area contributed by atoms with Gasteiger partial charge in [0, 0.05) is 30.7 Å². The summed E-state index contributed by atoms with van der Waals surface area (Å²) in [6.45, 7) is 1.91. The van der Waals surface area contributed by atoms with Crippen molar-refractivity contribution in [1.29, 1.82) is 0 Å². The number of aryl methyl sites for hydroxylation is 1. The zero-order valence-electron chi connectivity index (χ0n) is 10.2. The molecule has 0 aliphatic heterocycles. The zero-order valence-corrected chi connectivity index (χ0v) is 11.8. The number of nitro benzene ring substituents is 1. The van der Waals surface area contributed by atoms with E-state index >= 15 is 0 Å². The number of aliphatic hydroxyl groups is 1. The van der Waals surface area contributed by atoms with Crippen LogP contribution in [0.5, 0.6) is 0 Å². The Kier molecular flexibility index (Phi) is 3.96. The Balaban J connectivity index is 2.41. The molecular formula is C12H12BrN3O3. The van der Waals surface area contributed by atoms with Crippen molar-refractivity contribution in [1.82, 2.24) is 9.78 Å². The van der Waals surface area contributed by atoms with Crippen LogP contribution in [0.1, 0.15) is 11.3 Å². The Morgan fingerprint density at radius 2 is 2.05 bits per heavy atom. The van der Waals surface area contributed by atoms with Crippen LogP contribution in [0.25, 0.3) is 5.69 Å². The Hall–Kier alpha value is -1.73. The molecule has 1 N–H and O–H groups in total. The molecule has 0 amide bonds. The lowest BCUT2D eigenvalue weighted by molar-refractivity contribution is -0.384. The van der Waals surface area contributed by atoms with Gasteiger partial charge in [-0.3, -0.25) is 10.1 Å². The second-order valence-corrected chi connectivity index (χ2v) is 4.76. The van der Waals surface area contributed by atoms with E-state index in [1.807, 2.05) is 6.92 Å². The van der Waals surface area contributed by atoms with Gasteiger partial charge in [0.15, 0.2) is 0 Å². The molecule has 0 saturated carbocycles. The topological polar surface area (TPSA) is 81.2 Å². The number of aromatic nitrogens is 2. The number of nitrogens with zero attached hydrogens (tertiary/aromatic N) is 3. The molecule has 0 aliphatic carbocycles. The maximum Gasteiger partial charge on any atom is 0.269 e. The van der Waals surface area contributed by atoms with Crippen LogP contribution in [-0.2, 0) is 6.42 Å². The van der Waals surface area contributed by atoms with E-state index in [1.165, 1.54) is 12.1 Å². The summed E-state index contributed by atoms with van der Waals surface area (Å²) >= 11 is 3.44. The van der Waals surface area contributed by atoms with Crippen LogP contribution in [0, 0.1) is 17.0 Å². The predicted molar refractivity (Wildman–Crippen MR) is 73.4 cm³/mol. The first-order valence-corrected chi connectivity index (χ1v) is 6.43. The molecule has 0 bridgehead atoms. The van der Waals surface area contributed by atoms with E-state index < -0.39 is 4.92 Å². The minimum absolute atomic E-state index is 0.0410. The smallest absolute Gasteiger partial charge is 0.269 e. The molecule has 0 unspecified atom stereocenters. The van der Waals surface area contributed by atoms with E-state index in [-0.39, 0.29) is 12.3 Å². The number of aliphatic hydroxyl groups excluding tert-OH is 1. The van der Waals surface area contributed by atoms with Crippen molar-refractivity contribution in [3.63, 3.8) is 0 Å². The van der Waals surface area contributed by atoms with Crippen molar-refractivity contribution in [2.75, 3.05) is 6.61 Å². The number of hydrogen-bond donors (Lipinski definition) is 1. The molecule has 1 aromatic heterocycles. The van der Waals surface area contributed by atoms with Crippen LogP contribution >= 0.6 is 15.9 Å². The zero-order chi connectivity index (χ0) is 14.0. The van der Waals surface area contributed by atoms with Crippen molar-refractivity contribution in [2.24, 2.45) is 0 Å². The monoisotopic (exact) mass is 325 g/mol. The lowest BCUT2D eigenvalue weighted by Gasteiger charge is -2.03. The van der Waals surface area contributed by atoms with E-state index in [4.69, 9.17) is 5.11 Å². The first kappa shape index (κ1) is 13.7. The van der Waals surface area contributed by atoms with Crippen molar-refractivity contribution in [2.45, 2.75) is 13.3 Å². The molecule has 0 saturated heterocycles. The summed E-state index contributed by atoms with van der Waals surface area (Å²) in [5, 5.41) is 24.0.